The van der Waals surface area contributed by atoms with E-state index in [-0.39, 0.29) is 11.9 Å². The number of aromatic nitrogens is 3. The average molecular weight is 355 g/mol. The fourth-order valence-electron chi connectivity index (χ4n) is 3.49. The van der Waals surface area contributed by atoms with Crippen LogP contribution in [-0.4, -0.2) is 51.8 Å². The smallest absolute Gasteiger partial charge is 0.254 e. The van der Waals surface area contributed by atoms with Gasteiger partial charge < -0.3 is 10.2 Å². The van der Waals surface area contributed by atoms with Crippen LogP contribution in [0, 0.1) is 6.92 Å². The zero-order valence-corrected chi connectivity index (χ0v) is 15.4. The number of amides is 1. The number of rotatable bonds is 3. The summed E-state index contributed by atoms with van der Waals surface area (Å²) in [6.45, 7) is 3.74. The third kappa shape index (κ3) is 2.73. The molecule has 1 saturated heterocycles. The molecular formula is C18H21N5OS. The lowest BCUT2D eigenvalue weighted by Crippen LogP contribution is -2.38. The number of pyridine rings is 1. The van der Waals surface area contributed by atoms with Gasteiger partial charge in [-0.3, -0.25) is 9.48 Å². The van der Waals surface area contributed by atoms with Crippen molar-refractivity contribution >= 4 is 28.3 Å². The van der Waals surface area contributed by atoms with E-state index in [2.05, 4.69) is 10.4 Å². The molecule has 3 aromatic heterocycles. The lowest BCUT2D eigenvalue weighted by atomic mass is 10.1. The Morgan fingerprint density at radius 1 is 1.48 bits per heavy atom. The van der Waals surface area contributed by atoms with Gasteiger partial charge in [0, 0.05) is 26.7 Å². The van der Waals surface area contributed by atoms with Crippen LogP contribution in [0.15, 0.2) is 23.6 Å². The van der Waals surface area contributed by atoms with Gasteiger partial charge in [-0.25, -0.2) is 4.98 Å². The first-order chi connectivity index (χ1) is 12.1. The van der Waals surface area contributed by atoms with Gasteiger partial charge in [0.15, 0.2) is 5.65 Å². The molecule has 130 valence electrons. The monoisotopic (exact) mass is 355 g/mol. The molecule has 0 spiro atoms. The lowest BCUT2D eigenvalue weighted by molar-refractivity contribution is 0.0745. The van der Waals surface area contributed by atoms with Gasteiger partial charge >= 0.3 is 0 Å². The second-order valence-electron chi connectivity index (χ2n) is 6.50. The molecule has 1 amide bonds. The van der Waals surface area contributed by atoms with Crippen molar-refractivity contribution in [3.05, 3.63) is 34.8 Å². The number of likely N-dealkylation sites (N-methyl/N-ethyl adjacent to an activating group) is 1. The summed E-state index contributed by atoms with van der Waals surface area (Å²) in [5.74, 6) is 0.0370. The van der Waals surface area contributed by atoms with Crippen molar-refractivity contribution in [2.75, 3.05) is 20.1 Å². The molecule has 6 nitrogen and oxygen atoms in total. The molecule has 1 atom stereocenters. The van der Waals surface area contributed by atoms with Gasteiger partial charge in [0.2, 0.25) is 0 Å². The average Bonchev–Trinajstić information content (AvgIpc) is 3.35. The van der Waals surface area contributed by atoms with Crippen molar-refractivity contribution in [3.63, 3.8) is 0 Å². The SMILES string of the molecule is Cc1nn(C)c2nc(-c3cccs3)cc(C(=O)N(C)C3CCNC3)c12. The molecule has 1 N–H and O–H groups in total. The third-order valence-electron chi connectivity index (χ3n) is 4.88. The number of nitrogens with zero attached hydrogens (tertiary/aromatic N) is 4. The van der Waals surface area contributed by atoms with Crippen LogP contribution >= 0.6 is 11.3 Å². The number of nitrogens with one attached hydrogen (secondary N) is 1. The van der Waals surface area contributed by atoms with E-state index in [9.17, 15) is 4.79 Å². The van der Waals surface area contributed by atoms with Crippen LogP contribution < -0.4 is 5.32 Å². The first kappa shape index (κ1) is 16.2. The Balaban J connectivity index is 1.87. The van der Waals surface area contributed by atoms with Crippen molar-refractivity contribution in [3.8, 4) is 10.6 Å². The quantitative estimate of drug-likeness (QED) is 0.784. The van der Waals surface area contributed by atoms with E-state index in [4.69, 9.17) is 4.98 Å². The molecular weight excluding hydrogens is 334 g/mol. The Bertz CT molecular complexity index is 925. The zero-order valence-electron chi connectivity index (χ0n) is 14.6. The summed E-state index contributed by atoms with van der Waals surface area (Å²) in [5.41, 5.74) is 3.11. The highest BCUT2D eigenvalue weighted by Gasteiger charge is 2.27. The van der Waals surface area contributed by atoms with Gasteiger partial charge in [-0.1, -0.05) is 6.07 Å². The Hall–Kier alpha value is -2.25. The van der Waals surface area contributed by atoms with Crippen LogP contribution in [0.2, 0.25) is 0 Å². The van der Waals surface area contributed by atoms with Crippen LogP contribution in [0.25, 0.3) is 21.6 Å². The molecule has 4 heterocycles. The molecule has 0 saturated carbocycles. The van der Waals surface area contributed by atoms with E-state index in [1.54, 1.807) is 16.0 Å². The van der Waals surface area contributed by atoms with Crippen molar-refractivity contribution in [2.24, 2.45) is 7.05 Å². The summed E-state index contributed by atoms with van der Waals surface area (Å²) in [6, 6.07) is 6.18. The number of hydrogen-bond acceptors (Lipinski definition) is 5. The van der Waals surface area contributed by atoms with Gasteiger partial charge in [-0.2, -0.15) is 5.10 Å². The highest BCUT2D eigenvalue weighted by Crippen LogP contribution is 2.30. The van der Waals surface area contributed by atoms with Gasteiger partial charge in [-0.15, -0.1) is 11.3 Å². The van der Waals surface area contributed by atoms with Crippen LogP contribution in [-0.2, 0) is 7.05 Å². The number of aryl methyl sites for hydroxylation is 2. The molecule has 1 unspecified atom stereocenters. The van der Waals surface area contributed by atoms with E-state index in [1.165, 1.54) is 0 Å². The van der Waals surface area contributed by atoms with Crippen molar-refractivity contribution < 1.29 is 4.79 Å². The third-order valence-corrected chi connectivity index (χ3v) is 5.77. The first-order valence-corrected chi connectivity index (χ1v) is 9.30. The highest BCUT2D eigenvalue weighted by atomic mass is 32.1. The van der Waals surface area contributed by atoms with Crippen molar-refractivity contribution in [2.45, 2.75) is 19.4 Å². The second-order valence-corrected chi connectivity index (χ2v) is 7.45. The second kappa shape index (κ2) is 6.24. The Morgan fingerprint density at radius 3 is 3.00 bits per heavy atom. The van der Waals surface area contributed by atoms with Crippen LogP contribution in [0.5, 0.6) is 0 Å². The maximum Gasteiger partial charge on any atom is 0.254 e. The standard InChI is InChI=1S/C18H21N5OS/c1-11-16-13(18(24)22(2)12-6-7-19-10-12)9-14(15-5-4-8-25-15)20-17(16)23(3)21-11/h4-5,8-9,12,19H,6-7,10H2,1-3H3. The Kier molecular flexibility index (Phi) is 4.05. The molecule has 0 bridgehead atoms. The minimum Gasteiger partial charge on any atom is -0.337 e. The maximum atomic E-state index is 13.3. The van der Waals surface area contributed by atoms with Crippen LogP contribution in [0.3, 0.4) is 0 Å². The minimum absolute atomic E-state index is 0.0370. The first-order valence-electron chi connectivity index (χ1n) is 8.42. The topological polar surface area (TPSA) is 63.1 Å². The normalized spacial score (nSPS) is 17.3. The van der Waals surface area contributed by atoms with Gasteiger partial charge in [0.1, 0.15) is 0 Å². The van der Waals surface area contributed by atoms with Gasteiger partial charge in [0.05, 0.1) is 27.2 Å². The van der Waals surface area contributed by atoms with Crippen LogP contribution in [0.1, 0.15) is 22.5 Å². The summed E-state index contributed by atoms with van der Waals surface area (Å²) < 4.78 is 1.76. The van der Waals surface area contributed by atoms with Gasteiger partial charge in [-0.05, 0) is 37.4 Å². The summed E-state index contributed by atoms with van der Waals surface area (Å²) in [5, 5.41) is 10.7. The fraction of sp³-hybridized carbons (Fsp3) is 0.389. The molecule has 1 fully saturated rings. The summed E-state index contributed by atoms with van der Waals surface area (Å²) in [7, 11) is 3.77. The number of carbonyl (C=O) groups is 1. The molecule has 7 heteroatoms. The molecule has 3 aromatic rings. The summed E-state index contributed by atoms with van der Waals surface area (Å²) in [4.78, 5) is 20.9. The molecule has 0 radical (unpaired) electrons. The predicted molar refractivity (Wildman–Crippen MR) is 99.9 cm³/mol. The Morgan fingerprint density at radius 2 is 2.32 bits per heavy atom. The Labute approximate surface area is 150 Å². The van der Waals surface area contributed by atoms with Crippen LogP contribution in [0.4, 0.5) is 0 Å². The van der Waals surface area contributed by atoms with E-state index in [0.29, 0.717) is 5.56 Å². The summed E-state index contributed by atoms with van der Waals surface area (Å²) >= 11 is 1.62. The molecule has 1 aliphatic heterocycles. The van der Waals surface area contributed by atoms with E-state index in [0.717, 1.165) is 46.8 Å². The number of hydrogen-bond donors (Lipinski definition) is 1. The molecule has 0 aromatic carbocycles. The molecule has 25 heavy (non-hydrogen) atoms. The fourth-order valence-corrected chi connectivity index (χ4v) is 4.18. The van der Waals surface area contributed by atoms with Crippen molar-refractivity contribution in [1.82, 2.24) is 25.0 Å². The molecule has 1 aliphatic rings. The largest absolute Gasteiger partial charge is 0.337 e. The molecule has 4 rings (SSSR count). The molecule has 0 aliphatic carbocycles. The summed E-state index contributed by atoms with van der Waals surface area (Å²) in [6.07, 6.45) is 0.986. The predicted octanol–water partition coefficient (Wildman–Crippen LogP) is 2.44. The highest BCUT2D eigenvalue weighted by molar-refractivity contribution is 7.13. The van der Waals surface area contributed by atoms with Gasteiger partial charge in [0.25, 0.3) is 5.91 Å². The van der Waals surface area contributed by atoms with E-state index in [1.807, 2.05) is 49.5 Å². The lowest BCUT2D eigenvalue weighted by Gasteiger charge is -2.24. The van der Waals surface area contributed by atoms with Crippen molar-refractivity contribution in [1.29, 1.82) is 0 Å². The van der Waals surface area contributed by atoms with E-state index < -0.39 is 0 Å². The maximum absolute atomic E-state index is 13.3. The van der Waals surface area contributed by atoms with E-state index >= 15 is 0 Å². The zero-order chi connectivity index (χ0) is 17.6. The minimum atomic E-state index is 0.0370. The number of thiophene rings is 1. The number of fused-ring (bicyclic) bond motifs is 1. The number of carbonyl (C=O) groups excluding carboxylic acids is 1.